The number of sulfonamides is 1. The van der Waals surface area contributed by atoms with Crippen LogP contribution in [0.1, 0.15) is 32.1 Å². The van der Waals surface area contributed by atoms with E-state index in [-0.39, 0.29) is 10.8 Å². The van der Waals surface area contributed by atoms with Crippen molar-refractivity contribution in [3.05, 3.63) is 24.3 Å². The number of anilines is 1. The van der Waals surface area contributed by atoms with Crippen molar-refractivity contribution in [3.8, 4) is 0 Å². The molecule has 1 amide bonds. The molecule has 2 aliphatic carbocycles. The zero-order chi connectivity index (χ0) is 17.3. The van der Waals surface area contributed by atoms with E-state index in [1.165, 1.54) is 52.0 Å². The largest absolute Gasteiger partial charge is 0.326 e. The van der Waals surface area contributed by atoms with Gasteiger partial charge in [-0.1, -0.05) is 10.9 Å². The Bertz CT molecular complexity index is 702. The van der Waals surface area contributed by atoms with Crippen LogP contribution in [0.2, 0.25) is 0 Å². The quantitative estimate of drug-likeness (QED) is 0.799. The van der Waals surface area contributed by atoms with Crippen molar-refractivity contribution in [1.29, 1.82) is 0 Å². The number of nitrogens with one attached hydrogen (secondary N) is 1. The Labute approximate surface area is 143 Å². The summed E-state index contributed by atoms with van der Waals surface area (Å²) in [5.41, 5.74) is 0.613. The van der Waals surface area contributed by atoms with Gasteiger partial charge < -0.3 is 5.32 Å². The molecule has 0 saturated heterocycles. The summed E-state index contributed by atoms with van der Waals surface area (Å²) in [5, 5.41) is 2.87. The van der Waals surface area contributed by atoms with Crippen molar-refractivity contribution in [2.45, 2.75) is 37.0 Å². The highest BCUT2D eigenvalue weighted by Crippen LogP contribution is 2.49. The Morgan fingerprint density at radius 3 is 2.50 bits per heavy atom. The summed E-state index contributed by atoms with van der Waals surface area (Å²) in [6.07, 6.45) is 5.63. The highest BCUT2D eigenvalue weighted by atomic mass is 32.2. The van der Waals surface area contributed by atoms with Crippen LogP contribution in [-0.4, -0.2) is 33.0 Å². The van der Waals surface area contributed by atoms with Crippen molar-refractivity contribution in [3.63, 3.8) is 0 Å². The molecule has 7 heteroatoms. The molecule has 3 rings (SSSR count). The predicted octanol–water partition coefficient (Wildman–Crippen LogP) is 2.63. The lowest BCUT2D eigenvalue weighted by Gasteiger charge is -2.21. The molecule has 1 aromatic rings. The molecule has 6 nitrogen and oxygen atoms in total. The number of hydrogen-bond acceptors (Lipinski definition) is 4. The lowest BCUT2D eigenvalue weighted by molar-refractivity contribution is -0.117. The smallest absolute Gasteiger partial charge is 0.264 e. The summed E-state index contributed by atoms with van der Waals surface area (Å²) in [7, 11) is -1.03. The topological polar surface area (TPSA) is 75.7 Å². The second kappa shape index (κ2) is 6.82. The Hall–Kier alpha value is -1.44. The Morgan fingerprint density at radius 1 is 1.25 bits per heavy atom. The molecule has 3 atom stereocenters. The van der Waals surface area contributed by atoms with E-state index in [1.807, 2.05) is 0 Å². The highest BCUT2D eigenvalue weighted by Gasteiger charge is 2.40. The number of nitrogens with zero attached hydrogens (tertiary/aromatic N) is 1. The van der Waals surface area contributed by atoms with Gasteiger partial charge in [0.15, 0.2) is 0 Å². The molecular formula is C17H24N2O4S. The fourth-order valence-electron chi connectivity index (χ4n) is 4.03. The Balaban J connectivity index is 1.59. The van der Waals surface area contributed by atoms with E-state index >= 15 is 0 Å². The zero-order valence-corrected chi connectivity index (χ0v) is 14.9. The molecule has 2 saturated carbocycles. The molecule has 1 N–H and O–H groups in total. The fraction of sp³-hybridized carbons (Fsp3) is 0.588. The molecule has 132 valence electrons. The number of rotatable bonds is 6. The van der Waals surface area contributed by atoms with Gasteiger partial charge in [-0.25, -0.2) is 8.42 Å². The molecule has 2 bridgehead atoms. The second-order valence-corrected chi connectivity index (χ2v) is 8.74. The van der Waals surface area contributed by atoms with E-state index in [1.54, 1.807) is 12.1 Å². The molecule has 1 aromatic carbocycles. The number of amides is 1. The molecule has 0 radical (unpaired) electrons. The minimum atomic E-state index is -3.66. The first kappa shape index (κ1) is 17.4. The monoisotopic (exact) mass is 352 g/mol. The first-order valence-electron chi connectivity index (χ1n) is 8.33. The van der Waals surface area contributed by atoms with Gasteiger partial charge in [-0.3, -0.25) is 9.63 Å². The van der Waals surface area contributed by atoms with Crippen LogP contribution in [0.25, 0.3) is 0 Å². The first-order chi connectivity index (χ1) is 11.4. The van der Waals surface area contributed by atoms with E-state index in [4.69, 9.17) is 4.84 Å². The summed E-state index contributed by atoms with van der Waals surface area (Å²) in [6.45, 7) is 0. The van der Waals surface area contributed by atoms with Gasteiger partial charge in [-0.05, 0) is 61.3 Å². The molecule has 0 unspecified atom stereocenters. The van der Waals surface area contributed by atoms with Crippen molar-refractivity contribution in [2.75, 3.05) is 19.5 Å². The minimum absolute atomic E-state index is 0.0113. The molecule has 24 heavy (non-hydrogen) atoms. The number of fused-ring (bicyclic) bond motifs is 2. The third-order valence-corrected chi connectivity index (χ3v) is 7.06. The first-order valence-corrected chi connectivity index (χ1v) is 9.77. The van der Waals surface area contributed by atoms with Crippen molar-refractivity contribution >= 4 is 21.6 Å². The minimum Gasteiger partial charge on any atom is -0.326 e. The van der Waals surface area contributed by atoms with Crippen LogP contribution in [0.15, 0.2) is 29.2 Å². The van der Waals surface area contributed by atoms with Gasteiger partial charge in [0, 0.05) is 19.2 Å². The number of hydroxylamine groups is 1. The summed E-state index contributed by atoms with van der Waals surface area (Å²) < 4.78 is 25.0. The van der Waals surface area contributed by atoms with Gasteiger partial charge in [-0.2, -0.15) is 0 Å². The molecule has 2 fully saturated rings. The number of carbonyl (C=O) groups excluding carboxylic acids is 1. The van der Waals surface area contributed by atoms with Crippen LogP contribution in [0.3, 0.4) is 0 Å². The SMILES string of the molecule is CON(C)S(=O)(=O)c1ccc(NC(=O)C[C@@H]2C[C@H]3CC[C@H]2C3)cc1. The van der Waals surface area contributed by atoms with Gasteiger partial charge in [0.25, 0.3) is 10.0 Å². The molecular weight excluding hydrogens is 328 g/mol. The van der Waals surface area contributed by atoms with Gasteiger partial charge in [-0.15, -0.1) is 0 Å². The predicted molar refractivity (Wildman–Crippen MR) is 90.6 cm³/mol. The fourth-order valence-corrected chi connectivity index (χ4v) is 5.01. The van der Waals surface area contributed by atoms with Crippen LogP contribution >= 0.6 is 0 Å². The van der Waals surface area contributed by atoms with Gasteiger partial charge in [0.1, 0.15) is 0 Å². The molecule has 0 heterocycles. The van der Waals surface area contributed by atoms with Crippen molar-refractivity contribution in [1.82, 2.24) is 4.47 Å². The van der Waals surface area contributed by atoms with Crippen molar-refractivity contribution in [2.24, 2.45) is 17.8 Å². The lowest BCUT2D eigenvalue weighted by atomic mass is 9.86. The molecule has 2 aliphatic rings. The zero-order valence-electron chi connectivity index (χ0n) is 14.1. The van der Waals surface area contributed by atoms with Crippen LogP contribution < -0.4 is 5.32 Å². The molecule has 0 aliphatic heterocycles. The molecule has 0 aromatic heterocycles. The Morgan fingerprint density at radius 2 is 1.96 bits per heavy atom. The number of hydrogen-bond donors (Lipinski definition) is 1. The van der Waals surface area contributed by atoms with E-state index < -0.39 is 10.0 Å². The standard InChI is InChI=1S/C17H24N2O4S/c1-19(23-2)24(21,22)16-7-5-15(6-8-16)18-17(20)11-14-10-12-3-4-13(14)9-12/h5-8,12-14H,3-4,9-11H2,1-2H3,(H,18,20)/t12-,13-,14-/m0/s1. The van der Waals surface area contributed by atoms with Crippen molar-refractivity contribution < 1.29 is 18.0 Å². The molecule has 0 spiro atoms. The van der Waals surface area contributed by atoms with Crippen LogP contribution in [0.4, 0.5) is 5.69 Å². The van der Waals surface area contributed by atoms with Gasteiger partial charge >= 0.3 is 0 Å². The average Bonchev–Trinajstić information content (AvgIpc) is 3.17. The van der Waals surface area contributed by atoms with E-state index in [0.717, 1.165) is 16.3 Å². The summed E-state index contributed by atoms with van der Waals surface area (Å²) in [5.74, 6) is 2.07. The van der Waals surface area contributed by atoms with Crippen LogP contribution in [-0.2, 0) is 19.7 Å². The second-order valence-electron chi connectivity index (χ2n) is 6.81. The van der Waals surface area contributed by atoms with Gasteiger partial charge in [0.2, 0.25) is 5.91 Å². The lowest BCUT2D eigenvalue weighted by Crippen LogP contribution is -2.25. The van der Waals surface area contributed by atoms with E-state index in [9.17, 15) is 13.2 Å². The maximum absolute atomic E-state index is 12.2. The third kappa shape index (κ3) is 3.48. The Kier molecular flexibility index (Phi) is 4.94. The number of carbonyl (C=O) groups is 1. The third-order valence-electron chi connectivity index (χ3n) is 5.36. The van der Waals surface area contributed by atoms with E-state index in [2.05, 4.69) is 5.32 Å². The number of benzene rings is 1. The maximum Gasteiger partial charge on any atom is 0.264 e. The summed E-state index contributed by atoms with van der Waals surface area (Å²) >= 11 is 0. The highest BCUT2D eigenvalue weighted by molar-refractivity contribution is 7.89. The normalized spacial score (nSPS) is 26.0. The van der Waals surface area contributed by atoms with E-state index in [0.29, 0.717) is 18.0 Å². The average molecular weight is 352 g/mol. The maximum atomic E-state index is 12.2. The summed E-state index contributed by atoms with van der Waals surface area (Å²) in [6, 6.07) is 6.15. The van der Waals surface area contributed by atoms with Crippen LogP contribution in [0.5, 0.6) is 0 Å². The van der Waals surface area contributed by atoms with Crippen LogP contribution in [0, 0.1) is 17.8 Å². The van der Waals surface area contributed by atoms with Gasteiger partial charge in [0.05, 0.1) is 12.0 Å². The summed E-state index contributed by atoms with van der Waals surface area (Å²) in [4.78, 5) is 17.1.